The Bertz CT molecular complexity index is 1240. The first-order valence-corrected chi connectivity index (χ1v) is 13.8. The Balaban J connectivity index is 1.98. The molecule has 0 fully saturated rings. The normalized spacial score (nSPS) is 17.7. The number of rotatable bonds is 6. The van der Waals surface area contributed by atoms with Gasteiger partial charge in [-0.05, 0) is 65.0 Å². The van der Waals surface area contributed by atoms with Crippen LogP contribution in [0.25, 0.3) is 0 Å². The second-order valence-electron chi connectivity index (χ2n) is 8.62. The number of pyridine rings is 1. The molecule has 1 aliphatic heterocycles. The van der Waals surface area contributed by atoms with Crippen LogP contribution < -0.4 is 14.8 Å². The van der Waals surface area contributed by atoms with Gasteiger partial charge in [-0.25, -0.2) is 31.7 Å². The van der Waals surface area contributed by atoms with Crippen molar-refractivity contribution < 1.29 is 16.8 Å². The number of halogens is 1. The van der Waals surface area contributed by atoms with E-state index in [0.717, 1.165) is 12.5 Å². The average Bonchev–Trinajstić information content (AvgIpc) is 2.87. The minimum Gasteiger partial charge on any atom is -0.366 e. The number of nitrogens with one attached hydrogen (secondary N) is 1. The van der Waals surface area contributed by atoms with Gasteiger partial charge in [-0.2, -0.15) is 0 Å². The number of anilines is 1. The van der Waals surface area contributed by atoms with Gasteiger partial charge in [-0.15, -0.1) is 0 Å². The number of hydrogen-bond acceptors (Lipinski definition) is 6. The fourth-order valence-corrected chi connectivity index (χ4v) is 6.06. The van der Waals surface area contributed by atoms with Crippen molar-refractivity contribution in [3.05, 3.63) is 58.8 Å². The van der Waals surface area contributed by atoms with E-state index in [1.54, 1.807) is 25.1 Å². The molecule has 0 saturated heterocycles. The highest BCUT2D eigenvalue weighted by molar-refractivity contribution is 9.10. The minimum absolute atomic E-state index is 0.0820. The Morgan fingerprint density at radius 2 is 1.88 bits per heavy atom. The van der Waals surface area contributed by atoms with Crippen molar-refractivity contribution in [3.8, 4) is 0 Å². The maximum atomic E-state index is 13.0. The third kappa shape index (κ3) is 5.96. The fourth-order valence-electron chi connectivity index (χ4n) is 3.61. The average molecular weight is 544 g/mol. The highest BCUT2D eigenvalue weighted by Gasteiger charge is 2.28. The van der Waals surface area contributed by atoms with Gasteiger partial charge in [0.2, 0.25) is 20.0 Å². The molecule has 32 heavy (non-hydrogen) atoms. The number of allylic oxidation sites excluding steroid dienone is 1. The minimum atomic E-state index is -4.18. The zero-order valence-corrected chi connectivity index (χ0v) is 21.3. The van der Waals surface area contributed by atoms with Gasteiger partial charge in [0, 0.05) is 13.1 Å². The Morgan fingerprint density at radius 1 is 1.16 bits per heavy atom. The van der Waals surface area contributed by atoms with E-state index in [0.29, 0.717) is 29.1 Å². The molecule has 0 saturated carbocycles. The van der Waals surface area contributed by atoms with Crippen LogP contribution in [0, 0.1) is 5.41 Å². The summed E-state index contributed by atoms with van der Waals surface area (Å²) < 4.78 is 54.0. The molecule has 1 aromatic heterocycles. The molecule has 0 radical (unpaired) electrons. The number of nitrogens with two attached hydrogens (primary N) is 1. The van der Waals surface area contributed by atoms with Gasteiger partial charge < -0.3 is 4.90 Å². The van der Waals surface area contributed by atoms with E-state index in [4.69, 9.17) is 5.14 Å². The van der Waals surface area contributed by atoms with Crippen molar-refractivity contribution in [2.24, 2.45) is 10.6 Å². The number of hydrogen-bond donors (Lipinski definition) is 2. The predicted molar refractivity (Wildman–Crippen MR) is 128 cm³/mol. The zero-order valence-electron chi connectivity index (χ0n) is 18.1. The maximum Gasteiger partial charge on any atom is 0.241 e. The molecule has 3 N–H and O–H groups in total. The van der Waals surface area contributed by atoms with Crippen LogP contribution in [0.1, 0.15) is 38.9 Å². The highest BCUT2D eigenvalue weighted by Crippen LogP contribution is 2.33. The largest absolute Gasteiger partial charge is 0.366 e. The number of aromatic nitrogens is 1. The van der Waals surface area contributed by atoms with E-state index < -0.39 is 26.1 Å². The summed E-state index contributed by atoms with van der Waals surface area (Å²) in [6, 6.07) is 8.58. The van der Waals surface area contributed by atoms with Gasteiger partial charge in [-0.1, -0.05) is 32.1 Å². The molecule has 1 aromatic carbocycles. The third-order valence-corrected chi connectivity index (χ3v) is 8.10. The summed E-state index contributed by atoms with van der Waals surface area (Å²) in [6.07, 6.45) is 4.89. The van der Waals surface area contributed by atoms with E-state index in [1.807, 2.05) is 11.0 Å². The van der Waals surface area contributed by atoms with E-state index in [1.165, 1.54) is 12.1 Å². The molecule has 1 aliphatic rings. The summed E-state index contributed by atoms with van der Waals surface area (Å²) in [5.74, 6) is 0. The topological polar surface area (TPSA) is 122 Å². The Hall–Kier alpha value is -1.79. The summed E-state index contributed by atoms with van der Waals surface area (Å²) in [4.78, 5) is 5.76. The van der Waals surface area contributed by atoms with Crippen LogP contribution >= 0.6 is 15.9 Å². The number of sulfonamides is 2. The first-order valence-electron chi connectivity index (χ1n) is 10.0. The fraction of sp³-hybridized carbons (Fsp3) is 0.381. The van der Waals surface area contributed by atoms with Crippen LogP contribution in [0.15, 0.2) is 62.9 Å². The molecule has 1 unspecified atom stereocenters. The molecule has 0 aliphatic carbocycles. The van der Waals surface area contributed by atoms with Gasteiger partial charge in [-0.3, -0.25) is 0 Å². The first kappa shape index (κ1) is 24.8. The Kier molecular flexibility index (Phi) is 7.16. The van der Waals surface area contributed by atoms with Crippen molar-refractivity contribution in [3.63, 3.8) is 0 Å². The molecular formula is C21H27BrN4O4S2. The van der Waals surface area contributed by atoms with Crippen LogP contribution in [-0.4, -0.2) is 34.9 Å². The zero-order chi connectivity index (χ0) is 23.7. The number of nitrogens with zero attached hydrogens (tertiary/aromatic N) is 2. The van der Waals surface area contributed by atoms with E-state index in [9.17, 15) is 16.8 Å². The van der Waals surface area contributed by atoms with Crippen molar-refractivity contribution in [2.75, 3.05) is 18.0 Å². The summed E-state index contributed by atoms with van der Waals surface area (Å²) in [7, 11) is -8.22. The van der Waals surface area contributed by atoms with Gasteiger partial charge in [0.25, 0.3) is 0 Å². The molecule has 0 amide bonds. The molecule has 2 heterocycles. The maximum absolute atomic E-state index is 13.0. The molecule has 8 nitrogen and oxygen atoms in total. The van der Waals surface area contributed by atoms with Gasteiger partial charge >= 0.3 is 0 Å². The lowest BCUT2D eigenvalue weighted by Crippen LogP contribution is -2.34. The van der Waals surface area contributed by atoms with Gasteiger partial charge in [0.1, 0.15) is 9.50 Å². The molecule has 0 spiro atoms. The predicted octanol–water partition coefficient (Wildman–Crippen LogP) is 3.32. The van der Waals surface area contributed by atoms with Crippen molar-refractivity contribution >= 4 is 41.7 Å². The van der Waals surface area contributed by atoms with Crippen LogP contribution in [0.3, 0.4) is 0 Å². The quantitative estimate of drug-likeness (QED) is 0.426. The number of benzene rings is 1. The van der Waals surface area contributed by atoms with E-state index in [2.05, 4.69) is 45.6 Å². The summed E-state index contributed by atoms with van der Waals surface area (Å²) in [6.45, 7) is 6.94. The Morgan fingerprint density at radius 3 is 2.53 bits per heavy atom. The molecule has 11 heteroatoms. The monoisotopic (exact) mass is 542 g/mol. The highest BCUT2D eigenvalue weighted by atomic mass is 79.9. The van der Waals surface area contributed by atoms with E-state index >= 15 is 0 Å². The lowest BCUT2D eigenvalue weighted by molar-refractivity contribution is 0.379. The second-order valence-corrected chi connectivity index (χ2v) is 12.7. The molecule has 174 valence electrons. The van der Waals surface area contributed by atoms with Crippen LogP contribution in [0.2, 0.25) is 0 Å². The van der Waals surface area contributed by atoms with Gasteiger partial charge in [0.15, 0.2) is 0 Å². The number of primary sulfonamides is 1. The van der Waals surface area contributed by atoms with Crippen LogP contribution in [0.5, 0.6) is 0 Å². The first-order chi connectivity index (χ1) is 14.8. The molecule has 2 aromatic rings. The summed E-state index contributed by atoms with van der Waals surface area (Å²) in [5, 5.41) is 5.49. The van der Waals surface area contributed by atoms with Crippen molar-refractivity contribution in [1.29, 1.82) is 0 Å². The van der Waals surface area contributed by atoms with Crippen molar-refractivity contribution in [1.82, 2.24) is 9.71 Å². The Labute approximate surface area is 198 Å². The lowest BCUT2D eigenvalue weighted by Gasteiger charge is -2.32. The smallest absolute Gasteiger partial charge is 0.241 e. The molecule has 0 bridgehead atoms. The standard InChI is InChI=1S/C21H27BrN4O4S2/c1-15(17-7-6-8-20(22)24-17)25-32(29,30)16-9-10-18(19(13-16)31(23,27)28)26-12-5-4-11-21(2,3)14-26/h4-10,13,15,25H,11-12,14H2,1-3H3,(H2,23,27,28). The third-order valence-electron chi connectivity index (χ3n) is 5.18. The molecular weight excluding hydrogens is 516 g/mol. The van der Waals surface area contributed by atoms with Crippen LogP contribution in [0.4, 0.5) is 5.69 Å². The lowest BCUT2D eigenvalue weighted by atomic mass is 9.89. The van der Waals surface area contributed by atoms with E-state index in [-0.39, 0.29) is 15.2 Å². The SMILES string of the molecule is CC(NS(=O)(=O)c1ccc(N2CC=CCC(C)(C)C2)c(S(N)(=O)=O)c1)c1cccc(Br)n1. The molecule has 1 atom stereocenters. The van der Waals surface area contributed by atoms with Crippen molar-refractivity contribution in [2.45, 2.75) is 43.0 Å². The summed E-state index contributed by atoms with van der Waals surface area (Å²) >= 11 is 3.27. The summed E-state index contributed by atoms with van der Waals surface area (Å²) in [5.41, 5.74) is 0.819. The van der Waals surface area contributed by atoms with Crippen LogP contribution in [-0.2, 0) is 20.0 Å². The van der Waals surface area contributed by atoms with Gasteiger partial charge in [0.05, 0.1) is 22.3 Å². The molecule has 3 rings (SSSR count). The second kappa shape index (κ2) is 9.22.